The average Bonchev–Trinajstić information content (AvgIpc) is 2.65. The minimum Gasteiger partial charge on any atom is -0.481 e. The van der Waals surface area contributed by atoms with Gasteiger partial charge in [0.25, 0.3) is 0 Å². The SMILES string of the molecule is COC1CCC(CO)CC1/C=C/C(=O)NC1CCC(CCC(=O)O)CC1. The molecule has 26 heavy (non-hydrogen) atoms. The smallest absolute Gasteiger partial charge is 0.303 e. The molecular weight excluding hydrogens is 334 g/mol. The van der Waals surface area contributed by atoms with Crippen molar-refractivity contribution in [1.82, 2.24) is 5.32 Å². The fourth-order valence-electron chi connectivity index (χ4n) is 4.31. The lowest BCUT2D eigenvalue weighted by Gasteiger charge is -2.33. The maximum absolute atomic E-state index is 12.2. The molecule has 3 N–H and O–H groups in total. The summed E-state index contributed by atoms with van der Waals surface area (Å²) in [7, 11) is 1.70. The first kappa shape index (κ1) is 20.9. The Kier molecular flexibility index (Phi) is 8.59. The van der Waals surface area contributed by atoms with Crippen LogP contribution in [-0.2, 0) is 14.3 Å². The van der Waals surface area contributed by atoms with Gasteiger partial charge in [0.1, 0.15) is 0 Å². The number of hydrogen-bond acceptors (Lipinski definition) is 4. The molecule has 0 spiro atoms. The summed E-state index contributed by atoms with van der Waals surface area (Å²) in [6, 6.07) is 0.183. The molecule has 0 bridgehead atoms. The summed E-state index contributed by atoms with van der Waals surface area (Å²) >= 11 is 0. The Bertz CT molecular complexity index is 485. The maximum Gasteiger partial charge on any atom is 0.303 e. The van der Waals surface area contributed by atoms with E-state index in [1.54, 1.807) is 13.2 Å². The van der Waals surface area contributed by atoms with Crippen LogP contribution in [0.5, 0.6) is 0 Å². The van der Waals surface area contributed by atoms with Crippen LogP contribution in [0.15, 0.2) is 12.2 Å². The predicted octanol–water partition coefficient (Wildman–Crippen LogP) is 2.51. The summed E-state index contributed by atoms with van der Waals surface area (Å²) < 4.78 is 5.52. The summed E-state index contributed by atoms with van der Waals surface area (Å²) in [5, 5.41) is 21.2. The van der Waals surface area contributed by atoms with E-state index in [1.807, 2.05) is 6.08 Å². The van der Waals surface area contributed by atoms with Crippen LogP contribution < -0.4 is 5.32 Å². The van der Waals surface area contributed by atoms with Crippen molar-refractivity contribution in [3.8, 4) is 0 Å². The van der Waals surface area contributed by atoms with Crippen LogP contribution in [0.25, 0.3) is 0 Å². The molecule has 0 aromatic carbocycles. The van der Waals surface area contributed by atoms with E-state index in [0.29, 0.717) is 11.8 Å². The van der Waals surface area contributed by atoms with Crippen molar-refractivity contribution in [3.05, 3.63) is 12.2 Å². The second kappa shape index (κ2) is 10.7. The number of aliphatic carboxylic acids is 1. The fraction of sp³-hybridized carbons (Fsp3) is 0.800. The number of hydrogen-bond donors (Lipinski definition) is 3. The van der Waals surface area contributed by atoms with Crippen LogP contribution in [0.3, 0.4) is 0 Å². The van der Waals surface area contributed by atoms with Crippen LogP contribution in [-0.4, -0.2) is 48.0 Å². The molecule has 3 unspecified atom stereocenters. The Hall–Kier alpha value is -1.40. The molecule has 3 atom stereocenters. The quantitative estimate of drug-likeness (QED) is 0.573. The zero-order valence-electron chi connectivity index (χ0n) is 15.7. The molecule has 0 aromatic heterocycles. The van der Waals surface area contributed by atoms with Gasteiger partial charge < -0.3 is 20.3 Å². The van der Waals surface area contributed by atoms with Gasteiger partial charge >= 0.3 is 5.97 Å². The van der Waals surface area contributed by atoms with Gasteiger partial charge in [0.2, 0.25) is 5.91 Å². The molecular formula is C20H33NO5. The third-order valence-corrected chi connectivity index (χ3v) is 5.96. The molecule has 2 saturated carbocycles. The first-order valence-corrected chi connectivity index (χ1v) is 9.86. The van der Waals surface area contributed by atoms with Crippen molar-refractivity contribution in [2.24, 2.45) is 17.8 Å². The number of aliphatic hydroxyl groups excluding tert-OH is 1. The molecule has 0 aromatic rings. The van der Waals surface area contributed by atoms with Gasteiger partial charge in [0, 0.05) is 32.1 Å². The first-order chi connectivity index (χ1) is 12.5. The third-order valence-electron chi connectivity index (χ3n) is 5.96. The Morgan fingerprint density at radius 3 is 2.42 bits per heavy atom. The second-order valence-corrected chi connectivity index (χ2v) is 7.82. The first-order valence-electron chi connectivity index (χ1n) is 9.86. The topological polar surface area (TPSA) is 95.9 Å². The van der Waals surface area contributed by atoms with Crippen molar-refractivity contribution in [3.63, 3.8) is 0 Å². The highest BCUT2D eigenvalue weighted by atomic mass is 16.5. The highest BCUT2D eigenvalue weighted by Crippen LogP contribution is 2.32. The van der Waals surface area contributed by atoms with Crippen molar-refractivity contribution in [2.45, 2.75) is 69.9 Å². The summed E-state index contributed by atoms with van der Waals surface area (Å²) in [6.07, 6.45) is 11.2. The van der Waals surface area contributed by atoms with Crippen molar-refractivity contribution < 1.29 is 24.5 Å². The van der Waals surface area contributed by atoms with E-state index < -0.39 is 5.97 Å². The molecule has 0 heterocycles. The number of carboxylic acids is 1. The summed E-state index contributed by atoms with van der Waals surface area (Å²) in [5.41, 5.74) is 0. The third kappa shape index (κ3) is 6.72. The number of amides is 1. The number of aliphatic hydroxyl groups is 1. The van der Waals surface area contributed by atoms with E-state index in [2.05, 4.69) is 5.32 Å². The molecule has 148 valence electrons. The molecule has 6 heteroatoms. The van der Waals surface area contributed by atoms with Crippen LogP contribution in [0.4, 0.5) is 0 Å². The van der Waals surface area contributed by atoms with Gasteiger partial charge in [-0.15, -0.1) is 0 Å². The van der Waals surface area contributed by atoms with Crippen LogP contribution in [0, 0.1) is 17.8 Å². The van der Waals surface area contributed by atoms with E-state index in [-0.39, 0.29) is 37.0 Å². The standard InChI is InChI=1S/C20H33NO5/c1-26-18-9-4-15(13-22)12-16(18)6-10-19(23)21-17-7-2-14(3-8-17)5-11-20(24)25/h6,10,14-18,22H,2-5,7-9,11-13H2,1H3,(H,21,23)(H,24,25)/b10-6+. The van der Waals surface area contributed by atoms with Gasteiger partial charge in [-0.3, -0.25) is 9.59 Å². The number of carboxylic acid groups (broad SMARTS) is 1. The second-order valence-electron chi connectivity index (χ2n) is 7.82. The highest BCUT2D eigenvalue weighted by molar-refractivity contribution is 5.87. The lowest BCUT2D eigenvalue weighted by Crippen LogP contribution is -2.37. The molecule has 0 aliphatic heterocycles. The number of carbonyl (C=O) groups excluding carboxylic acids is 1. The molecule has 0 radical (unpaired) electrons. The fourth-order valence-corrected chi connectivity index (χ4v) is 4.31. The zero-order valence-corrected chi connectivity index (χ0v) is 15.7. The normalized spacial score (nSPS) is 32.5. The van der Waals surface area contributed by atoms with Gasteiger partial charge in [-0.05, 0) is 69.3 Å². The van der Waals surface area contributed by atoms with Crippen molar-refractivity contribution >= 4 is 11.9 Å². The predicted molar refractivity (Wildman–Crippen MR) is 98.6 cm³/mol. The van der Waals surface area contributed by atoms with Crippen molar-refractivity contribution in [2.75, 3.05) is 13.7 Å². The molecule has 2 aliphatic carbocycles. The zero-order chi connectivity index (χ0) is 18.9. The lowest BCUT2D eigenvalue weighted by molar-refractivity contribution is -0.137. The molecule has 6 nitrogen and oxygen atoms in total. The molecule has 0 saturated heterocycles. The van der Waals surface area contributed by atoms with Crippen molar-refractivity contribution in [1.29, 1.82) is 0 Å². The van der Waals surface area contributed by atoms with Gasteiger partial charge in [0.05, 0.1) is 6.10 Å². The Morgan fingerprint density at radius 1 is 1.12 bits per heavy atom. The van der Waals surface area contributed by atoms with Crippen LogP contribution in [0.2, 0.25) is 0 Å². The number of nitrogens with one attached hydrogen (secondary N) is 1. The van der Waals surface area contributed by atoms with Gasteiger partial charge in [0.15, 0.2) is 0 Å². The van der Waals surface area contributed by atoms with E-state index in [9.17, 15) is 14.7 Å². The number of carbonyl (C=O) groups is 2. The Morgan fingerprint density at radius 2 is 1.81 bits per heavy atom. The molecule has 1 amide bonds. The molecule has 2 rings (SSSR count). The number of methoxy groups -OCH3 is 1. The van der Waals surface area contributed by atoms with E-state index in [4.69, 9.17) is 9.84 Å². The number of rotatable bonds is 8. The minimum atomic E-state index is -0.730. The average molecular weight is 367 g/mol. The highest BCUT2D eigenvalue weighted by Gasteiger charge is 2.29. The van der Waals surface area contributed by atoms with Gasteiger partial charge in [-0.25, -0.2) is 0 Å². The molecule has 2 aliphatic rings. The molecule has 2 fully saturated rings. The monoisotopic (exact) mass is 367 g/mol. The number of ether oxygens (including phenoxy) is 1. The maximum atomic E-state index is 12.2. The van der Waals surface area contributed by atoms with Crippen LogP contribution in [0.1, 0.15) is 57.8 Å². The van der Waals surface area contributed by atoms with Crippen LogP contribution >= 0.6 is 0 Å². The van der Waals surface area contributed by atoms with Gasteiger partial charge in [-0.1, -0.05) is 6.08 Å². The Balaban J connectivity index is 1.74. The summed E-state index contributed by atoms with van der Waals surface area (Å²) in [4.78, 5) is 22.9. The lowest BCUT2D eigenvalue weighted by atomic mass is 9.79. The summed E-state index contributed by atoms with van der Waals surface area (Å²) in [6.45, 7) is 0.193. The minimum absolute atomic E-state index is 0.0695. The van der Waals surface area contributed by atoms with E-state index in [1.165, 1.54) is 0 Å². The van der Waals surface area contributed by atoms with Gasteiger partial charge in [-0.2, -0.15) is 0 Å². The van der Waals surface area contributed by atoms with E-state index >= 15 is 0 Å². The largest absolute Gasteiger partial charge is 0.481 e. The summed E-state index contributed by atoms with van der Waals surface area (Å²) in [5.74, 6) is 0.129. The Labute approximate surface area is 156 Å². The van der Waals surface area contributed by atoms with E-state index in [0.717, 1.165) is 51.4 Å².